The molecule has 1 aromatic carbocycles. The monoisotopic (exact) mass is 210 g/mol. The average molecular weight is 210 g/mol. The molecule has 2 rings (SSSR count). The predicted octanol–water partition coefficient (Wildman–Crippen LogP) is 0.590. The first-order chi connectivity index (χ1) is 7.22. The molecule has 5 heteroatoms. The number of amides is 1. The molecular weight excluding hydrogens is 199 g/mol. The van der Waals surface area contributed by atoms with E-state index in [4.69, 9.17) is 5.21 Å². The second-order valence-corrected chi connectivity index (χ2v) is 3.46. The molecule has 0 saturated carbocycles. The van der Waals surface area contributed by atoms with Crippen LogP contribution in [0.2, 0.25) is 0 Å². The van der Waals surface area contributed by atoms with E-state index in [0.29, 0.717) is 18.5 Å². The van der Waals surface area contributed by atoms with Gasteiger partial charge in [0.1, 0.15) is 5.82 Å². The van der Waals surface area contributed by atoms with Crippen molar-refractivity contribution in [3.05, 3.63) is 34.6 Å². The van der Waals surface area contributed by atoms with Gasteiger partial charge in [-0.25, -0.2) is 9.87 Å². The number of fused-ring (bicyclic) bond motifs is 1. The van der Waals surface area contributed by atoms with Gasteiger partial charge in [-0.1, -0.05) is 0 Å². The molecule has 3 N–H and O–H groups in total. The molecule has 0 aromatic heterocycles. The second-order valence-electron chi connectivity index (χ2n) is 3.46. The Morgan fingerprint density at radius 2 is 2.33 bits per heavy atom. The molecule has 1 aliphatic rings. The Morgan fingerprint density at radius 1 is 1.53 bits per heavy atom. The number of carbonyl (C=O) groups excluding carboxylic acids is 1. The molecule has 1 amide bonds. The number of halogens is 1. The molecule has 1 heterocycles. The van der Waals surface area contributed by atoms with Crippen LogP contribution < -0.4 is 10.8 Å². The van der Waals surface area contributed by atoms with Gasteiger partial charge in [0, 0.05) is 17.7 Å². The van der Waals surface area contributed by atoms with Crippen molar-refractivity contribution in [1.82, 2.24) is 10.8 Å². The van der Waals surface area contributed by atoms with Gasteiger partial charge in [0.05, 0.1) is 0 Å². The van der Waals surface area contributed by atoms with Crippen molar-refractivity contribution in [2.24, 2.45) is 0 Å². The van der Waals surface area contributed by atoms with Crippen LogP contribution >= 0.6 is 0 Å². The van der Waals surface area contributed by atoms with Crippen molar-refractivity contribution in [2.75, 3.05) is 6.54 Å². The molecule has 0 aliphatic carbocycles. The number of nitrogens with one attached hydrogen (secondary N) is 2. The van der Waals surface area contributed by atoms with Crippen LogP contribution in [0.5, 0.6) is 0 Å². The Hall–Kier alpha value is -1.46. The van der Waals surface area contributed by atoms with Crippen LogP contribution in [-0.2, 0) is 13.0 Å². The highest BCUT2D eigenvalue weighted by Gasteiger charge is 2.16. The largest absolute Gasteiger partial charge is 0.312 e. The Bertz CT molecular complexity index is 407. The normalized spacial score (nSPS) is 14.5. The van der Waals surface area contributed by atoms with Crippen LogP contribution in [0, 0.1) is 5.82 Å². The number of carbonyl (C=O) groups is 1. The van der Waals surface area contributed by atoms with E-state index in [0.717, 1.165) is 18.2 Å². The van der Waals surface area contributed by atoms with E-state index < -0.39 is 11.7 Å². The summed E-state index contributed by atoms with van der Waals surface area (Å²) < 4.78 is 13.5. The van der Waals surface area contributed by atoms with Crippen LogP contribution in [0.4, 0.5) is 4.39 Å². The van der Waals surface area contributed by atoms with E-state index in [1.54, 1.807) is 6.07 Å². The fourth-order valence-electron chi connectivity index (χ4n) is 1.75. The third kappa shape index (κ3) is 1.84. The molecule has 0 fully saturated rings. The highest BCUT2D eigenvalue weighted by molar-refractivity contribution is 5.93. The quantitative estimate of drug-likeness (QED) is 0.469. The lowest BCUT2D eigenvalue weighted by Crippen LogP contribution is -2.26. The number of hydroxylamine groups is 1. The summed E-state index contributed by atoms with van der Waals surface area (Å²) in [6.07, 6.45) is 0.693. The minimum atomic E-state index is -0.685. The third-order valence-electron chi connectivity index (χ3n) is 2.52. The lowest BCUT2D eigenvalue weighted by atomic mass is 9.97. The molecule has 0 saturated heterocycles. The molecule has 15 heavy (non-hydrogen) atoms. The maximum atomic E-state index is 13.5. The van der Waals surface area contributed by atoms with Gasteiger partial charge in [-0.05, 0) is 30.7 Å². The molecule has 0 radical (unpaired) electrons. The van der Waals surface area contributed by atoms with Crippen LogP contribution in [0.25, 0.3) is 0 Å². The van der Waals surface area contributed by atoms with Gasteiger partial charge in [0.25, 0.3) is 5.91 Å². The maximum Gasteiger partial charge on any atom is 0.274 e. The molecule has 80 valence electrons. The van der Waals surface area contributed by atoms with Crippen molar-refractivity contribution >= 4 is 5.91 Å². The summed E-state index contributed by atoms with van der Waals surface area (Å²) >= 11 is 0. The number of benzene rings is 1. The summed E-state index contributed by atoms with van der Waals surface area (Å²) in [5, 5.41) is 11.5. The highest BCUT2D eigenvalue weighted by atomic mass is 19.1. The van der Waals surface area contributed by atoms with Gasteiger partial charge in [0.15, 0.2) is 0 Å². The lowest BCUT2D eigenvalue weighted by molar-refractivity contribution is 0.0705. The summed E-state index contributed by atoms with van der Waals surface area (Å²) in [6, 6.07) is 2.75. The van der Waals surface area contributed by atoms with E-state index in [1.165, 1.54) is 5.48 Å². The average Bonchev–Trinajstić information content (AvgIpc) is 2.28. The molecule has 1 aromatic rings. The van der Waals surface area contributed by atoms with E-state index in [-0.39, 0.29) is 5.56 Å². The number of rotatable bonds is 1. The van der Waals surface area contributed by atoms with Crippen molar-refractivity contribution in [3.8, 4) is 0 Å². The fourth-order valence-corrected chi connectivity index (χ4v) is 1.75. The van der Waals surface area contributed by atoms with E-state index in [2.05, 4.69) is 5.32 Å². The third-order valence-corrected chi connectivity index (χ3v) is 2.52. The molecule has 0 spiro atoms. The topological polar surface area (TPSA) is 61.4 Å². The summed E-state index contributed by atoms with van der Waals surface area (Å²) in [5.41, 5.74) is 3.08. The predicted molar refractivity (Wildman–Crippen MR) is 51.1 cm³/mol. The van der Waals surface area contributed by atoms with Gasteiger partial charge in [0.2, 0.25) is 0 Å². The van der Waals surface area contributed by atoms with E-state index >= 15 is 0 Å². The molecule has 4 nitrogen and oxygen atoms in total. The van der Waals surface area contributed by atoms with Gasteiger partial charge >= 0.3 is 0 Å². The highest BCUT2D eigenvalue weighted by Crippen LogP contribution is 2.19. The zero-order chi connectivity index (χ0) is 10.8. The van der Waals surface area contributed by atoms with Crippen molar-refractivity contribution in [1.29, 1.82) is 0 Å². The molecular formula is C10H11FN2O2. The smallest absolute Gasteiger partial charge is 0.274 e. The zero-order valence-electron chi connectivity index (χ0n) is 8.01. The fraction of sp³-hybridized carbons (Fsp3) is 0.300. The van der Waals surface area contributed by atoms with Crippen molar-refractivity contribution < 1.29 is 14.4 Å². The summed E-state index contributed by atoms with van der Waals surface area (Å²) in [7, 11) is 0. The standard InChI is InChI=1S/C10H11FN2O2/c11-9-4-7(10(14)13-15)3-6-1-2-12-5-8(6)9/h3-4,12,15H,1-2,5H2,(H,13,14). The van der Waals surface area contributed by atoms with Crippen LogP contribution in [0.3, 0.4) is 0 Å². The molecule has 0 bridgehead atoms. The van der Waals surface area contributed by atoms with Crippen LogP contribution in [0.1, 0.15) is 21.5 Å². The summed E-state index contributed by atoms with van der Waals surface area (Å²) in [4.78, 5) is 11.1. The van der Waals surface area contributed by atoms with Crippen molar-refractivity contribution in [3.63, 3.8) is 0 Å². The summed E-state index contributed by atoms with van der Waals surface area (Å²) in [6.45, 7) is 1.26. The van der Waals surface area contributed by atoms with E-state index in [1.807, 2.05) is 0 Å². The lowest BCUT2D eigenvalue weighted by Gasteiger charge is -2.18. The van der Waals surface area contributed by atoms with Crippen molar-refractivity contribution in [2.45, 2.75) is 13.0 Å². The summed E-state index contributed by atoms with van der Waals surface area (Å²) in [5.74, 6) is -1.09. The minimum absolute atomic E-state index is 0.149. The van der Waals surface area contributed by atoms with Gasteiger partial charge < -0.3 is 5.32 Å². The van der Waals surface area contributed by atoms with Crippen LogP contribution in [0.15, 0.2) is 12.1 Å². The molecule has 0 atom stereocenters. The number of hydrogen-bond acceptors (Lipinski definition) is 3. The first-order valence-electron chi connectivity index (χ1n) is 4.69. The second kappa shape index (κ2) is 3.96. The first-order valence-corrected chi connectivity index (χ1v) is 4.69. The molecule has 1 aliphatic heterocycles. The zero-order valence-corrected chi connectivity index (χ0v) is 8.01. The van der Waals surface area contributed by atoms with Gasteiger partial charge in [-0.15, -0.1) is 0 Å². The van der Waals surface area contributed by atoms with Gasteiger partial charge in [-0.2, -0.15) is 0 Å². The Morgan fingerprint density at radius 3 is 3.07 bits per heavy atom. The Labute approximate surface area is 86.1 Å². The number of hydrogen-bond donors (Lipinski definition) is 3. The molecule has 0 unspecified atom stereocenters. The first kappa shape index (κ1) is 10.1. The Balaban J connectivity index is 2.45. The van der Waals surface area contributed by atoms with Crippen LogP contribution in [-0.4, -0.2) is 17.7 Å². The van der Waals surface area contributed by atoms with Gasteiger partial charge in [-0.3, -0.25) is 10.0 Å². The maximum absolute atomic E-state index is 13.5. The minimum Gasteiger partial charge on any atom is -0.312 e. The van der Waals surface area contributed by atoms with E-state index in [9.17, 15) is 9.18 Å². The Kier molecular flexibility index (Phi) is 2.66. The SMILES string of the molecule is O=C(NO)c1cc(F)c2c(c1)CCNC2.